The van der Waals surface area contributed by atoms with Crippen molar-refractivity contribution in [3.8, 4) is 0 Å². The van der Waals surface area contributed by atoms with E-state index < -0.39 is 0 Å². The molecule has 3 rings (SSSR count). The Balaban J connectivity index is 1.56. The van der Waals surface area contributed by atoms with Crippen LogP contribution in [0, 0.1) is 12.3 Å². The van der Waals surface area contributed by atoms with Crippen LogP contribution in [0.15, 0.2) is 12.4 Å². The van der Waals surface area contributed by atoms with Gasteiger partial charge in [-0.15, -0.1) is 0 Å². The first-order valence-electron chi connectivity index (χ1n) is 6.86. The van der Waals surface area contributed by atoms with Crippen molar-refractivity contribution in [3.05, 3.63) is 18.0 Å². The van der Waals surface area contributed by atoms with Gasteiger partial charge in [-0.3, -0.25) is 0 Å². The Morgan fingerprint density at radius 3 is 2.68 bits per heavy atom. The van der Waals surface area contributed by atoms with Crippen LogP contribution < -0.4 is 4.90 Å². The summed E-state index contributed by atoms with van der Waals surface area (Å²) in [6.45, 7) is 5.97. The minimum absolute atomic E-state index is 0.342. The van der Waals surface area contributed by atoms with Gasteiger partial charge in [-0.2, -0.15) is 0 Å². The minimum Gasteiger partial charge on any atom is -0.376 e. The first kappa shape index (κ1) is 12.8. The number of likely N-dealkylation sites (N-methyl/N-ethyl adjacent to an activating group) is 1. The Hall–Kier alpha value is -1.20. The molecule has 0 aliphatic carbocycles. The van der Waals surface area contributed by atoms with Crippen molar-refractivity contribution in [1.82, 2.24) is 14.9 Å². The Labute approximate surface area is 114 Å². The van der Waals surface area contributed by atoms with E-state index in [4.69, 9.17) is 4.74 Å². The van der Waals surface area contributed by atoms with Crippen LogP contribution in [0.4, 0.5) is 5.95 Å². The SMILES string of the molecule is Cc1cnc(N2CC3(COC(CN(C)C)C3)C2)nc1. The molecular formula is C14H22N4O. The molecule has 0 saturated carbocycles. The Kier molecular flexibility index (Phi) is 3.19. The monoisotopic (exact) mass is 262 g/mol. The van der Waals surface area contributed by atoms with Gasteiger partial charge in [-0.1, -0.05) is 0 Å². The van der Waals surface area contributed by atoms with Gasteiger partial charge < -0.3 is 14.5 Å². The summed E-state index contributed by atoms with van der Waals surface area (Å²) in [5.74, 6) is 0.854. The highest BCUT2D eigenvalue weighted by Gasteiger charge is 2.49. The number of aryl methyl sites for hydroxylation is 1. The van der Waals surface area contributed by atoms with Gasteiger partial charge in [-0.25, -0.2) is 9.97 Å². The standard InChI is InChI=1S/C14H22N4O/c1-11-5-15-13(16-6-11)18-8-14(9-18)4-12(19-10-14)7-17(2)3/h5-6,12H,4,7-10H2,1-3H3. The lowest BCUT2D eigenvalue weighted by Gasteiger charge is -2.47. The first-order valence-corrected chi connectivity index (χ1v) is 6.86. The average molecular weight is 262 g/mol. The fourth-order valence-corrected chi connectivity index (χ4v) is 3.09. The molecule has 0 bridgehead atoms. The number of hydrogen-bond donors (Lipinski definition) is 0. The minimum atomic E-state index is 0.342. The van der Waals surface area contributed by atoms with Gasteiger partial charge in [0.1, 0.15) is 0 Å². The van der Waals surface area contributed by atoms with Gasteiger partial charge in [0.15, 0.2) is 0 Å². The van der Waals surface area contributed by atoms with Crippen LogP contribution in [-0.2, 0) is 4.74 Å². The van der Waals surface area contributed by atoms with Crippen molar-refractivity contribution in [2.24, 2.45) is 5.41 Å². The molecule has 1 spiro atoms. The molecule has 0 amide bonds. The van der Waals surface area contributed by atoms with Gasteiger partial charge >= 0.3 is 0 Å². The number of hydrogen-bond acceptors (Lipinski definition) is 5. The predicted molar refractivity (Wildman–Crippen MR) is 74.3 cm³/mol. The van der Waals surface area contributed by atoms with Crippen LogP contribution >= 0.6 is 0 Å². The predicted octanol–water partition coefficient (Wildman–Crippen LogP) is 0.942. The van der Waals surface area contributed by atoms with Crippen LogP contribution in [0.5, 0.6) is 0 Å². The number of anilines is 1. The molecular weight excluding hydrogens is 240 g/mol. The Morgan fingerprint density at radius 1 is 1.37 bits per heavy atom. The smallest absolute Gasteiger partial charge is 0.225 e. The van der Waals surface area contributed by atoms with Crippen molar-refractivity contribution in [2.75, 3.05) is 45.2 Å². The number of rotatable bonds is 3. The molecule has 104 valence electrons. The second-order valence-electron chi connectivity index (χ2n) is 6.32. The second-order valence-corrected chi connectivity index (χ2v) is 6.32. The lowest BCUT2D eigenvalue weighted by Crippen LogP contribution is -2.57. The molecule has 1 aromatic heterocycles. The van der Waals surface area contributed by atoms with E-state index >= 15 is 0 Å². The molecule has 1 atom stereocenters. The van der Waals surface area contributed by atoms with Crippen molar-refractivity contribution in [1.29, 1.82) is 0 Å². The second kappa shape index (κ2) is 4.72. The van der Waals surface area contributed by atoms with E-state index in [1.165, 1.54) is 0 Å². The van der Waals surface area contributed by atoms with Crippen LogP contribution in [0.2, 0.25) is 0 Å². The summed E-state index contributed by atoms with van der Waals surface area (Å²) in [7, 11) is 4.20. The van der Waals surface area contributed by atoms with E-state index in [9.17, 15) is 0 Å². The van der Waals surface area contributed by atoms with E-state index in [1.54, 1.807) is 0 Å². The summed E-state index contributed by atoms with van der Waals surface area (Å²) in [5, 5.41) is 0. The molecule has 2 aliphatic heterocycles. The molecule has 2 aliphatic rings. The van der Waals surface area contributed by atoms with Crippen molar-refractivity contribution >= 4 is 5.95 Å². The molecule has 0 aromatic carbocycles. The summed E-state index contributed by atoms with van der Waals surface area (Å²) in [6, 6.07) is 0. The molecule has 5 heteroatoms. The zero-order valence-corrected chi connectivity index (χ0v) is 12.0. The van der Waals surface area contributed by atoms with Crippen molar-refractivity contribution in [3.63, 3.8) is 0 Å². The highest BCUT2D eigenvalue weighted by Crippen LogP contribution is 2.42. The quantitative estimate of drug-likeness (QED) is 0.811. The van der Waals surface area contributed by atoms with E-state index in [-0.39, 0.29) is 0 Å². The summed E-state index contributed by atoms with van der Waals surface area (Å²) in [6.07, 6.45) is 5.31. The number of aromatic nitrogens is 2. The fraction of sp³-hybridized carbons (Fsp3) is 0.714. The lowest BCUT2D eigenvalue weighted by molar-refractivity contribution is 0.0720. The molecule has 19 heavy (non-hydrogen) atoms. The van der Waals surface area contributed by atoms with Gasteiger partial charge in [0.05, 0.1) is 12.7 Å². The van der Waals surface area contributed by atoms with Gasteiger partial charge in [0.25, 0.3) is 0 Å². The maximum atomic E-state index is 5.92. The highest BCUT2D eigenvalue weighted by atomic mass is 16.5. The van der Waals surface area contributed by atoms with Crippen LogP contribution in [0.1, 0.15) is 12.0 Å². The third-order valence-electron chi connectivity index (χ3n) is 3.96. The average Bonchev–Trinajstić information content (AvgIpc) is 2.71. The summed E-state index contributed by atoms with van der Waals surface area (Å²) >= 11 is 0. The van der Waals surface area contributed by atoms with E-state index in [0.29, 0.717) is 11.5 Å². The Bertz CT molecular complexity index is 439. The van der Waals surface area contributed by atoms with Crippen molar-refractivity contribution in [2.45, 2.75) is 19.4 Å². The molecule has 2 fully saturated rings. The van der Waals surface area contributed by atoms with Gasteiger partial charge in [0.2, 0.25) is 5.95 Å². The van der Waals surface area contributed by atoms with Gasteiger partial charge in [0, 0.05) is 37.4 Å². The highest BCUT2D eigenvalue weighted by molar-refractivity contribution is 5.36. The molecule has 0 N–H and O–H groups in total. The van der Waals surface area contributed by atoms with E-state index in [1.807, 2.05) is 19.3 Å². The van der Waals surface area contributed by atoms with Crippen LogP contribution in [-0.4, -0.2) is 61.3 Å². The molecule has 1 aromatic rings. The van der Waals surface area contributed by atoms with Crippen LogP contribution in [0.3, 0.4) is 0 Å². The Morgan fingerprint density at radius 2 is 2.05 bits per heavy atom. The summed E-state index contributed by atoms with van der Waals surface area (Å²) in [4.78, 5) is 13.2. The van der Waals surface area contributed by atoms with E-state index in [0.717, 1.165) is 44.2 Å². The number of ether oxygens (including phenoxy) is 1. The molecule has 0 radical (unpaired) electrons. The first-order chi connectivity index (χ1) is 9.06. The maximum Gasteiger partial charge on any atom is 0.225 e. The zero-order valence-electron chi connectivity index (χ0n) is 12.0. The molecule has 2 saturated heterocycles. The topological polar surface area (TPSA) is 41.5 Å². The third-order valence-corrected chi connectivity index (χ3v) is 3.96. The van der Waals surface area contributed by atoms with E-state index in [2.05, 4.69) is 33.9 Å². The largest absolute Gasteiger partial charge is 0.376 e. The molecule has 3 heterocycles. The molecule has 1 unspecified atom stereocenters. The molecule has 5 nitrogen and oxygen atoms in total. The zero-order chi connectivity index (χ0) is 13.5. The van der Waals surface area contributed by atoms with Crippen LogP contribution in [0.25, 0.3) is 0 Å². The fourth-order valence-electron chi connectivity index (χ4n) is 3.09. The number of nitrogens with zero attached hydrogens (tertiary/aromatic N) is 4. The maximum absolute atomic E-state index is 5.92. The summed E-state index contributed by atoms with van der Waals surface area (Å²) in [5.41, 5.74) is 1.45. The summed E-state index contributed by atoms with van der Waals surface area (Å²) < 4.78 is 5.92. The lowest BCUT2D eigenvalue weighted by atomic mass is 9.78. The van der Waals surface area contributed by atoms with Crippen molar-refractivity contribution < 1.29 is 4.74 Å². The normalized spacial score (nSPS) is 25.1. The third kappa shape index (κ3) is 2.58. The van der Waals surface area contributed by atoms with Gasteiger partial charge in [-0.05, 0) is 33.0 Å².